The highest BCUT2D eigenvalue weighted by molar-refractivity contribution is 5.28. The van der Waals surface area contributed by atoms with Gasteiger partial charge in [0.2, 0.25) is 0 Å². The first kappa shape index (κ1) is 8.53. The van der Waals surface area contributed by atoms with Crippen LogP contribution < -0.4 is 5.32 Å². The predicted molar refractivity (Wildman–Crippen MR) is 49.4 cm³/mol. The van der Waals surface area contributed by atoms with E-state index in [0.717, 1.165) is 12.2 Å². The second kappa shape index (κ2) is 3.36. The topological polar surface area (TPSA) is 41.5 Å². The molecule has 2 unspecified atom stereocenters. The Hall–Kier alpha value is -1.06. The lowest BCUT2D eigenvalue weighted by Crippen LogP contribution is -2.22. The summed E-state index contributed by atoms with van der Waals surface area (Å²) in [7, 11) is 0. The van der Waals surface area contributed by atoms with Gasteiger partial charge < -0.3 is 9.84 Å². The molecule has 1 aromatic rings. The van der Waals surface area contributed by atoms with Crippen LogP contribution in [0.1, 0.15) is 18.7 Å². The fourth-order valence-electron chi connectivity index (χ4n) is 1.48. The number of ether oxygens (including phenoxy) is 1. The van der Waals surface area contributed by atoms with E-state index in [9.17, 15) is 5.11 Å². The standard InChI is InChI=1S/C10H13NO2/c1-7-6-13-10(11-7)8-3-2-4-9(12)5-8/h2-5,7,10-12H,6H2,1H3. The smallest absolute Gasteiger partial charge is 0.134 e. The lowest BCUT2D eigenvalue weighted by Gasteiger charge is -2.10. The SMILES string of the molecule is CC1COC(c2cccc(O)c2)N1. The van der Waals surface area contributed by atoms with Gasteiger partial charge in [0.05, 0.1) is 6.61 Å². The molecule has 1 saturated heterocycles. The van der Waals surface area contributed by atoms with E-state index < -0.39 is 0 Å². The lowest BCUT2D eigenvalue weighted by atomic mass is 10.2. The van der Waals surface area contributed by atoms with E-state index in [4.69, 9.17) is 4.74 Å². The zero-order valence-corrected chi connectivity index (χ0v) is 7.53. The molecule has 0 amide bonds. The Morgan fingerprint density at radius 3 is 3.00 bits per heavy atom. The number of hydrogen-bond acceptors (Lipinski definition) is 3. The molecule has 0 bridgehead atoms. The number of phenols is 1. The molecule has 1 aromatic carbocycles. The first-order valence-corrected chi connectivity index (χ1v) is 4.42. The average Bonchev–Trinajstić information content (AvgIpc) is 2.52. The van der Waals surface area contributed by atoms with Crippen LogP contribution in [0, 0.1) is 0 Å². The molecule has 1 aliphatic rings. The normalized spacial score (nSPS) is 27.8. The van der Waals surface area contributed by atoms with Crippen LogP contribution in [0.15, 0.2) is 24.3 Å². The molecule has 0 radical (unpaired) electrons. The Morgan fingerprint density at radius 2 is 2.38 bits per heavy atom. The summed E-state index contributed by atoms with van der Waals surface area (Å²) in [5.74, 6) is 0.280. The summed E-state index contributed by atoms with van der Waals surface area (Å²) in [6.07, 6.45) is -0.0675. The van der Waals surface area contributed by atoms with Crippen molar-refractivity contribution in [2.24, 2.45) is 0 Å². The Labute approximate surface area is 77.3 Å². The monoisotopic (exact) mass is 179 g/mol. The summed E-state index contributed by atoms with van der Waals surface area (Å²) in [4.78, 5) is 0. The molecule has 1 aliphatic heterocycles. The van der Waals surface area contributed by atoms with E-state index in [2.05, 4.69) is 12.2 Å². The third-order valence-electron chi connectivity index (χ3n) is 2.12. The van der Waals surface area contributed by atoms with Crippen molar-refractivity contribution in [3.8, 4) is 5.75 Å². The van der Waals surface area contributed by atoms with Crippen LogP contribution in [0.4, 0.5) is 0 Å². The van der Waals surface area contributed by atoms with Crippen molar-refractivity contribution in [2.45, 2.75) is 19.2 Å². The molecule has 1 fully saturated rings. The molecule has 3 nitrogen and oxygen atoms in total. The molecule has 70 valence electrons. The second-order valence-corrected chi connectivity index (χ2v) is 3.38. The fourth-order valence-corrected chi connectivity index (χ4v) is 1.48. The third-order valence-corrected chi connectivity index (χ3v) is 2.12. The number of rotatable bonds is 1. The molecule has 1 heterocycles. The summed E-state index contributed by atoms with van der Waals surface area (Å²) < 4.78 is 5.48. The molecule has 0 aromatic heterocycles. The predicted octanol–water partition coefficient (Wildman–Crippen LogP) is 1.40. The zero-order chi connectivity index (χ0) is 9.26. The number of aromatic hydroxyl groups is 1. The zero-order valence-electron chi connectivity index (χ0n) is 7.53. The van der Waals surface area contributed by atoms with Gasteiger partial charge in [-0.3, -0.25) is 5.32 Å². The molecule has 13 heavy (non-hydrogen) atoms. The van der Waals surface area contributed by atoms with Crippen LogP contribution in [0.5, 0.6) is 5.75 Å². The van der Waals surface area contributed by atoms with Crippen LogP contribution in [0.3, 0.4) is 0 Å². The highest BCUT2D eigenvalue weighted by atomic mass is 16.5. The molecular formula is C10H13NO2. The van der Waals surface area contributed by atoms with Gasteiger partial charge >= 0.3 is 0 Å². The van der Waals surface area contributed by atoms with Crippen LogP contribution in [-0.4, -0.2) is 17.8 Å². The van der Waals surface area contributed by atoms with Gasteiger partial charge in [0.1, 0.15) is 12.0 Å². The van der Waals surface area contributed by atoms with Crippen LogP contribution >= 0.6 is 0 Å². The highest BCUT2D eigenvalue weighted by Gasteiger charge is 2.22. The minimum atomic E-state index is -0.0675. The molecule has 2 N–H and O–H groups in total. The molecule has 0 spiro atoms. The maximum atomic E-state index is 9.26. The summed E-state index contributed by atoms with van der Waals surface area (Å²) >= 11 is 0. The minimum Gasteiger partial charge on any atom is -0.508 e. The van der Waals surface area contributed by atoms with E-state index in [1.165, 1.54) is 0 Å². The fraction of sp³-hybridized carbons (Fsp3) is 0.400. The second-order valence-electron chi connectivity index (χ2n) is 3.38. The first-order chi connectivity index (χ1) is 6.25. The van der Waals surface area contributed by atoms with E-state index >= 15 is 0 Å². The first-order valence-electron chi connectivity index (χ1n) is 4.42. The summed E-state index contributed by atoms with van der Waals surface area (Å²) in [6.45, 7) is 2.79. The van der Waals surface area contributed by atoms with Gasteiger partial charge in [0, 0.05) is 6.04 Å². The van der Waals surface area contributed by atoms with Crippen LogP contribution in [-0.2, 0) is 4.74 Å². The Balaban J connectivity index is 2.16. The maximum Gasteiger partial charge on any atom is 0.134 e. The van der Waals surface area contributed by atoms with Crippen LogP contribution in [0.25, 0.3) is 0 Å². The molecule has 0 aliphatic carbocycles. The molecule has 2 rings (SSSR count). The Morgan fingerprint density at radius 1 is 1.54 bits per heavy atom. The third kappa shape index (κ3) is 1.82. The number of benzene rings is 1. The van der Waals surface area contributed by atoms with Gasteiger partial charge in [0.25, 0.3) is 0 Å². The van der Waals surface area contributed by atoms with Crippen molar-refractivity contribution in [1.29, 1.82) is 0 Å². The van der Waals surface area contributed by atoms with E-state index in [0.29, 0.717) is 6.04 Å². The molecule has 3 heteroatoms. The molecular weight excluding hydrogens is 166 g/mol. The van der Waals surface area contributed by atoms with Gasteiger partial charge in [-0.05, 0) is 24.6 Å². The Bertz CT molecular complexity index is 301. The van der Waals surface area contributed by atoms with E-state index in [1.807, 2.05) is 12.1 Å². The quantitative estimate of drug-likeness (QED) is 0.684. The van der Waals surface area contributed by atoms with Crippen molar-refractivity contribution in [3.63, 3.8) is 0 Å². The number of nitrogens with one attached hydrogen (secondary N) is 1. The number of hydrogen-bond donors (Lipinski definition) is 2. The van der Waals surface area contributed by atoms with Crippen molar-refractivity contribution in [3.05, 3.63) is 29.8 Å². The minimum absolute atomic E-state index is 0.0675. The van der Waals surface area contributed by atoms with Gasteiger partial charge in [-0.1, -0.05) is 12.1 Å². The van der Waals surface area contributed by atoms with Crippen molar-refractivity contribution in [1.82, 2.24) is 5.32 Å². The van der Waals surface area contributed by atoms with E-state index in [-0.39, 0.29) is 12.0 Å². The highest BCUT2D eigenvalue weighted by Crippen LogP contribution is 2.22. The molecule has 2 atom stereocenters. The summed E-state index contributed by atoms with van der Waals surface area (Å²) in [5, 5.41) is 12.5. The summed E-state index contributed by atoms with van der Waals surface area (Å²) in [5.41, 5.74) is 0.976. The Kier molecular flexibility index (Phi) is 2.20. The van der Waals surface area contributed by atoms with E-state index in [1.54, 1.807) is 12.1 Å². The lowest BCUT2D eigenvalue weighted by molar-refractivity contribution is 0.101. The van der Waals surface area contributed by atoms with Crippen molar-refractivity contribution >= 4 is 0 Å². The van der Waals surface area contributed by atoms with Crippen molar-refractivity contribution in [2.75, 3.05) is 6.61 Å². The van der Waals surface area contributed by atoms with Crippen molar-refractivity contribution < 1.29 is 9.84 Å². The molecule has 0 saturated carbocycles. The van der Waals surface area contributed by atoms with Gasteiger partial charge in [-0.2, -0.15) is 0 Å². The maximum absolute atomic E-state index is 9.26. The largest absolute Gasteiger partial charge is 0.508 e. The van der Waals surface area contributed by atoms with Gasteiger partial charge in [-0.15, -0.1) is 0 Å². The van der Waals surface area contributed by atoms with Gasteiger partial charge in [0.15, 0.2) is 0 Å². The average molecular weight is 179 g/mol. The summed E-state index contributed by atoms with van der Waals surface area (Å²) in [6, 6.07) is 7.51. The van der Waals surface area contributed by atoms with Crippen LogP contribution in [0.2, 0.25) is 0 Å². The van der Waals surface area contributed by atoms with Gasteiger partial charge in [-0.25, -0.2) is 0 Å². The number of phenolic OH excluding ortho intramolecular Hbond substituents is 1.